The molecule has 0 fully saturated rings. The second kappa shape index (κ2) is 10.6. The van der Waals surface area contributed by atoms with Gasteiger partial charge in [0.1, 0.15) is 28.5 Å². The summed E-state index contributed by atoms with van der Waals surface area (Å²) in [7, 11) is 3.11. The number of nitrogens with zero attached hydrogens (tertiary/aromatic N) is 4. The van der Waals surface area contributed by atoms with Gasteiger partial charge in [0.05, 0.1) is 37.5 Å². The number of methoxy groups -OCH3 is 2. The van der Waals surface area contributed by atoms with Gasteiger partial charge in [-0.25, -0.2) is 0 Å². The first kappa shape index (κ1) is 26.6. The highest BCUT2D eigenvalue weighted by Crippen LogP contribution is 2.37. The number of fused-ring (bicyclic) bond motifs is 1. The van der Waals surface area contributed by atoms with Crippen LogP contribution in [0.15, 0.2) is 58.0 Å². The number of carbonyl (C=O) groups is 1. The van der Waals surface area contributed by atoms with Gasteiger partial charge in [0.15, 0.2) is 0 Å². The highest BCUT2D eigenvalue weighted by atomic mass is 16.5. The Morgan fingerprint density at radius 3 is 2.38 bits per heavy atom. The Kier molecular flexibility index (Phi) is 7.08. The summed E-state index contributed by atoms with van der Waals surface area (Å²) in [5.74, 6) is 1.15. The smallest absolute Gasteiger partial charge is 0.264 e. The molecule has 1 amide bonds. The molecule has 1 aromatic carbocycles. The molecule has 0 radical (unpaired) electrons. The fraction of sp³-hybridized carbons (Fsp3) is 0.233. The number of rotatable bonds is 7. The van der Waals surface area contributed by atoms with E-state index in [-0.39, 0.29) is 12.1 Å². The lowest BCUT2D eigenvalue weighted by atomic mass is 9.99. The Morgan fingerprint density at radius 1 is 1.00 bits per heavy atom. The number of ether oxygens (including phenoxy) is 2. The molecule has 4 aromatic heterocycles. The summed E-state index contributed by atoms with van der Waals surface area (Å²) in [6, 6.07) is 12.3. The van der Waals surface area contributed by atoms with Gasteiger partial charge in [-0.1, -0.05) is 5.16 Å². The zero-order chi connectivity index (χ0) is 28.6. The maximum absolute atomic E-state index is 13.9. The SMILES string of the molecule is COc1cc2c(cc1-c1c(C)noc1C)cc(C(=O)Nc1cc(C)nc(C)c1)c(=O)n2Cc1ncccc1OC. The number of nitrogens with one attached hydrogen (secondary N) is 1. The summed E-state index contributed by atoms with van der Waals surface area (Å²) in [4.78, 5) is 36.3. The lowest BCUT2D eigenvalue weighted by Crippen LogP contribution is -2.30. The number of carbonyl (C=O) groups excluding carboxylic acids is 1. The van der Waals surface area contributed by atoms with E-state index in [2.05, 4.69) is 20.4 Å². The van der Waals surface area contributed by atoms with Crippen molar-refractivity contribution < 1.29 is 18.8 Å². The molecule has 204 valence electrons. The van der Waals surface area contributed by atoms with Crippen LogP contribution in [0, 0.1) is 27.7 Å². The molecule has 10 heteroatoms. The molecule has 0 aliphatic carbocycles. The number of aryl methyl sites for hydroxylation is 4. The van der Waals surface area contributed by atoms with Crippen LogP contribution in [-0.2, 0) is 6.54 Å². The second-order valence-corrected chi connectivity index (χ2v) is 9.50. The van der Waals surface area contributed by atoms with Crippen molar-refractivity contribution in [3.63, 3.8) is 0 Å². The van der Waals surface area contributed by atoms with E-state index in [1.54, 1.807) is 56.8 Å². The van der Waals surface area contributed by atoms with Crippen molar-refractivity contribution in [1.82, 2.24) is 19.7 Å². The minimum atomic E-state index is -0.534. The maximum atomic E-state index is 13.9. The van der Waals surface area contributed by atoms with Gasteiger partial charge in [0.2, 0.25) is 0 Å². The molecule has 0 aliphatic rings. The quantitative estimate of drug-likeness (QED) is 0.307. The Hall–Kier alpha value is -4.99. The molecular formula is C30H29N5O5. The third kappa shape index (κ3) is 4.91. The molecule has 0 bridgehead atoms. The van der Waals surface area contributed by atoms with Gasteiger partial charge in [-0.05, 0) is 64.1 Å². The van der Waals surface area contributed by atoms with E-state index in [9.17, 15) is 9.59 Å². The van der Waals surface area contributed by atoms with Crippen LogP contribution in [0.4, 0.5) is 5.69 Å². The van der Waals surface area contributed by atoms with Gasteiger partial charge in [0, 0.05) is 40.3 Å². The first-order valence-corrected chi connectivity index (χ1v) is 12.6. The number of hydrogen-bond acceptors (Lipinski definition) is 8. The van der Waals surface area contributed by atoms with E-state index in [4.69, 9.17) is 14.0 Å². The Balaban J connectivity index is 1.74. The van der Waals surface area contributed by atoms with Crippen molar-refractivity contribution in [2.45, 2.75) is 34.2 Å². The van der Waals surface area contributed by atoms with Crippen LogP contribution in [0.3, 0.4) is 0 Å². The molecule has 1 N–H and O–H groups in total. The summed E-state index contributed by atoms with van der Waals surface area (Å²) in [6.45, 7) is 7.43. The molecule has 40 heavy (non-hydrogen) atoms. The average Bonchev–Trinajstić information content (AvgIpc) is 3.26. The lowest BCUT2D eigenvalue weighted by molar-refractivity contribution is 0.102. The van der Waals surface area contributed by atoms with E-state index < -0.39 is 11.5 Å². The molecule has 0 unspecified atom stereocenters. The number of aromatic nitrogens is 4. The standard InChI is InChI=1S/C30H29N5O5/c1-16-10-21(11-17(2)32-16)33-29(36)23-13-20-12-22(28-18(3)34-40-19(28)4)27(39-6)14-25(20)35(30(23)37)15-24-26(38-5)8-7-9-31-24/h7-14H,15H2,1-6H3,(H,32,33,36). The molecule has 4 heterocycles. The lowest BCUT2D eigenvalue weighted by Gasteiger charge is -2.17. The van der Waals surface area contributed by atoms with E-state index >= 15 is 0 Å². The van der Waals surface area contributed by atoms with Gasteiger partial charge >= 0.3 is 0 Å². The minimum Gasteiger partial charge on any atom is -0.496 e. The third-order valence-corrected chi connectivity index (χ3v) is 6.68. The minimum absolute atomic E-state index is 0.0237. The van der Waals surface area contributed by atoms with E-state index in [0.717, 1.165) is 22.5 Å². The Morgan fingerprint density at radius 2 is 1.73 bits per heavy atom. The topological polar surface area (TPSA) is 121 Å². The molecule has 0 spiro atoms. The molecule has 0 saturated heterocycles. The molecule has 5 rings (SSSR count). The van der Waals surface area contributed by atoms with Crippen LogP contribution in [0.1, 0.15) is 38.9 Å². The Bertz CT molecular complexity index is 1780. The predicted molar refractivity (Wildman–Crippen MR) is 151 cm³/mol. The first-order valence-electron chi connectivity index (χ1n) is 12.6. The Labute approximate surface area is 230 Å². The molecule has 5 aromatic rings. The molecule has 0 saturated carbocycles. The summed E-state index contributed by atoms with van der Waals surface area (Å²) >= 11 is 0. The van der Waals surface area contributed by atoms with Crippen molar-refractivity contribution in [3.05, 3.63) is 93.1 Å². The van der Waals surface area contributed by atoms with Crippen molar-refractivity contribution in [3.8, 4) is 22.6 Å². The van der Waals surface area contributed by atoms with Gasteiger partial charge in [-0.3, -0.25) is 19.6 Å². The maximum Gasteiger partial charge on any atom is 0.264 e. The normalized spacial score (nSPS) is 11.1. The number of pyridine rings is 3. The third-order valence-electron chi connectivity index (χ3n) is 6.68. The van der Waals surface area contributed by atoms with Crippen LogP contribution < -0.4 is 20.3 Å². The summed E-state index contributed by atoms with van der Waals surface area (Å²) < 4.78 is 18.1. The number of anilines is 1. The molecular weight excluding hydrogens is 510 g/mol. The first-order chi connectivity index (χ1) is 19.2. The van der Waals surface area contributed by atoms with Crippen LogP contribution in [-0.4, -0.2) is 39.8 Å². The molecule has 0 aliphatic heterocycles. The van der Waals surface area contributed by atoms with E-state index in [1.165, 1.54) is 4.57 Å². The van der Waals surface area contributed by atoms with Crippen molar-refractivity contribution in [1.29, 1.82) is 0 Å². The average molecular weight is 540 g/mol. The zero-order valence-corrected chi connectivity index (χ0v) is 23.2. The van der Waals surface area contributed by atoms with Gasteiger partial charge in [-0.15, -0.1) is 0 Å². The predicted octanol–water partition coefficient (Wildman–Crippen LogP) is 5.00. The van der Waals surface area contributed by atoms with Crippen LogP contribution >= 0.6 is 0 Å². The van der Waals surface area contributed by atoms with Crippen molar-refractivity contribution >= 4 is 22.5 Å². The summed E-state index contributed by atoms with van der Waals surface area (Å²) in [5.41, 5.74) is 4.89. The van der Waals surface area contributed by atoms with E-state index in [1.807, 2.05) is 33.8 Å². The van der Waals surface area contributed by atoms with Gasteiger partial charge in [0.25, 0.3) is 11.5 Å². The van der Waals surface area contributed by atoms with Crippen LogP contribution in [0.5, 0.6) is 11.5 Å². The van der Waals surface area contributed by atoms with Crippen LogP contribution in [0.25, 0.3) is 22.0 Å². The molecule has 10 nitrogen and oxygen atoms in total. The highest BCUT2D eigenvalue weighted by molar-refractivity contribution is 6.06. The number of hydrogen-bond donors (Lipinski definition) is 1. The number of benzene rings is 1. The number of amides is 1. The fourth-order valence-corrected chi connectivity index (χ4v) is 4.94. The van der Waals surface area contributed by atoms with E-state index in [0.29, 0.717) is 45.2 Å². The second-order valence-electron chi connectivity index (χ2n) is 9.50. The van der Waals surface area contributed by atoms with Gasteiger partial charge < -0.3 is 23.9 Å². The fourth-order valence-electron chi connectivity index (χ4n) is 4.94. The largest absolute Gasteiger partial charge is 0.496 e. The summed E-state index contributed by atoms with van der Waals surface area (Å²) in [6.07, 6.45) is 1.63. The zero-order valence-electron chi connectivity index (χ0n) is 23.2. The highest BCUT2D eigenvalue weighted by Gasteiger charge is 2.22. The van der Waals surface area contributed by atoms with Gasteiger partial charge in [-0.2, -0.15) is 0 Å². The van der Waals surface area contributed by atoms with Crippen molar-refractivity contribution in [2.24, 2.45) is 0 Å². The summed E-state index contributed by atoms with van der Waals surface area (Å²) in [5, 5.41) is 7.59. The van der Waals surface area contributed by atoms with Crippen molar-refractivity contribution in [2.75, 3.05) is 19.5 Å². The van der Waals surface area contributed by atoms with Crippen LogP contribution in [0.2, 0.25) is 0 Å². The molecule has 0 atom stereocenters. The monoisotopic (exact) mass is 539 g/mol.